The number of rotatable bonds is 4. The van der Waals surface area contributed by atoms with Gasteiger partial charge in [0, 0.05) is 12.6 Å². The summed E-state index contributed by atoms with van der Waals surface area (Å²) >= 11 is 0. The normalized spacial score (nSPS) is 31.0. The highest BCUT2D eigenvalue weighted by atomic mass is 16.2. The van der Waals surface area contributed by atoms with Crippen LogP contribution in [0.2, 0.25) is 0 Å². The van der Waals surface area contributed by atoms with E-state index in [1.165, 1.54) is 24.2 Å². The average molecular weight is 266 g/mol. The molecule has 2 unspecified atom stereocenters. The van der Waals surface area contributed by atoms with E-state index in [0.29, 0.717) is 19.0 Å². The molecule has 0 spiro atoms. The van der Waals surface area contributed by atoms with E-state index < -0.39 is 0 Å². The van der Waals surface area contributed by atoms with Crippen LogP contribution in [0, 0.1) is 5.41 Å². The molecule has 4 heteroatoms. The summed E-state index contributed by atoms with van der Waals surface area (Å²) in [5.41, 5.74) is 0.222. The number of carbonyl (C=O) groups excluding carboxylic acids is 2. The maximum atomic E-state index is 12.2. The van der Waals surface area contributed by atoms with E-state index in [2.05, 4.69) is 19.2 Å². The fourth-order valence-corrected chi connectivity index (χ4v) is 3.32. The number of amides is 2. The minimum absolute atomic E-state index is 0.0158. The van der Waals surface area contributed by atoms with E-state index in [0.717, 1.165) is 12.8 Å². The molecule has 2 aliphatic rings. The lowest BCUT2D eigenvalue weighted by Gasteiger charge is -2.40. The molecule has 0 aromatic heterocycles. The van der Waals surface area contributed by atoms with Gasteiger partial charge in [-0.3, -0.25) is 14.5 Å². The van der Waals surface area contributed by atoms with Crippen molar-refractivity contribution < 1.29 is 9.59 Å². The van der Waals surface area contributed by atoms with Gasteiger partial charge in [-0.2, -0.15) is 0 Å². The monoisotopic (exact) mass is 266 g/mol. The summed E-state index contributed by atoms with van der Waals surface area (Å²) in [6, 6.07) is 0.0611. The standard InChI is InChI=1S/C15H26N2O2/c1-4-9-17-13(18)10-11(14(17)19)16-12-7-5-6-8-15(12,2)3/h11-12,16H,4-10H2,1-3H3. The first-order valence-electron chi connectivity index (χ1n) is 7.56. The fraction of sp³-hybridized carbons (Fsp3) is 0.867. The summed E-state index contributed by atoms with van der Waals surface area (Å²) in [7, 11) is 0. The molecule has 2 rings (SSSR count). The molecule has 19 heavy (non-hydrogen) atoms. The fourth-order valence-electron chi connectivity index (χ4n) is 3.32. The van der Waals surface area contributed by atoms with Crippen molar-refractivity contribution in [3.8, 4) is 0 Å². The van der Waals surface area contributed by atoms with Gasteiger partial charge < -0.3 is 5.32 Å². The predicted octanol–water partition coefficient (Wildman–Crippen LogP) is 2.08. The molecule has 0 bridgehead atoms. The number of nitrogens with zero attached hydrogens (tertiary/aromatic N) is 1. The van der Waals surface area contributed by atoms with E-state index in [1.807, 2.05) is 6.92 Å². The molecule has 1 aliphatic heterocycles. The second-order valence-electron chi connectivity index (χ2n) is 6.59. The molecule has 108 valence electrons. The van der Waals surface area contributed by atoms with E-state index in [4.69, 9.17) is 0 Å². The highest BCUT2D eigenvalue weighted by Gasteiger charge is 2.41. The Balaban J connectivity index is 2.00. The lowest BCUT2D eigenvalue weighted by molar-refractivity contribution is -0.138. The van der Waals surface area contributed by atoms with Crippen LogP contribution in [-0.2, 0) is 9.59 Å². The van der Waals surface area contributed by atoms with Crippen molar-refractivity contribution in [2.45, 2.75) is 71.4 Å². The van der Waals surface area contributed by atoms with Gasteiger partial charge in [-0.05, 0) is 24.7 Å². The lowest BCUT2D eigenvalue weighted by atomic mass is 9.73. The van der Waals surface area contributed by atoms with E-state index >= 15 is 0 Å². The van der Waals surface area contributed by atoms with Crippen LogP contribution in [0.3, 0.4) is 0 Å². The van der Waals surface area contributed by atoms with E-state index in [1.54, 1.807) is 0 Å². The lowest BCUT2D eigenvalue weighted by Crippen LogP contribution is -2.51. The van der Waals surface area contributed by atoms with Gasteiger partial charge in [-0.1, -0.05) is 33.6 Å². The molecule has 2 amide bonds. The number of nitrogens with one attached hydrogen (secondary N) is 1. The summed E-state index contributed by atoms with van der Waals surface area (Å²) in [6.07, 6.45) is 5.96. The Labute approximate surface area is 115 Å². The summed E-state index contributed by atoms with van der Waals surface area (Å²) in [5.74, 6) is -0.0359. The van der Waals surface area contributed by atoms with Gasteiger partial charge >= 0.3 is 0 Å². The maximum Gasteiger partial charge on any atom is 0.246 e. The summed E-state index contributed by atoms with van der Waals surface area (Å²) in [6.45, 7) is 7.07. The Kier molecular flexibility index (Phi) is 4.29. The molecule has 0 aromatic carbocycles. The molecule has 1 saturated carbocycles. The second-order valence-corrected chi connectivity index (χ2v) is 6.59. The third-order valence-electron chi connectivity index (χ3n) is 4.60. The molecule has 1 saturated heterocycles. The van der Waals surface area contributed by atoms with Gasteiger partial charge in [0.2, 0.25) is 11.8 Å². The molecular formula is C15H26N2O2. The molecule has 2 fully saturated rings. The molecule has 1 heterocycles. The van der Waals surface area contributed by atoms with E-state index in [9.17, 15) is 9.59 Å². The van der Waals surface area contributed by atoms with Crippen LogP contribution in [0.4, 0.5) is 0 Å². The van der Waals surface area contributed by atoms with Crippen LogP contribution in [0.5, 0.6) is 0 Å². The number of imide groups is 1. The largest absolute Gasteiger partial charge is 0.302 e. The summed E-state index contributed by atoms with van der Waals surface area (Å²) in [4.78, 5) is 25.5. The number of hydrogen-bond acceptors (Lipinski definition) is 3. The Morgan fingerprint density at radius 3 is 2.68 bits per heavy atom. The minimum Gasteiger partial charge on any atom is -0.302 e. The maximum absolute atomic E-state index is 12.2. The van der Waals surface area contributed by atoms with Crippen LogP contribution in [0.25, 0.3) is 0 Å². The third kappa shape index (κ3) is 2.99. The molecule has 2 atom stereocenters. The van der Waals surface area contributed by atoms with Crippen LogP contribution >= 0.6 is 0 Å². The van der Waals surface area contributed by atoms with Gasteiger partial charge in [-0.15, -0.1) is 0 Å². The summed E-state index contributed by atoms with van der Waals surface area (Å²) < 4.78 is 0. The van der Waals surface area contributed by atoms with Gasteiger partial charge in [0.25, 0.3) is 0 Å². The zero-order chi connectivity index (χ0) is 14.0. The number of carbonyl (C=O) groups is 2. The van der Waals surface area contributed by atoms with Crippen molar-refractivity contribution >= 4 is 11.8 Å². The van der Waals surface area contributed by atoms with Gasteiger partial charge in [-0.25, -0.2) is 0 Å². The second kappa shape index (κ2) is 5.61. The zero-order valence-electron chi connectivity index (χ0n) is 12.4. The van der Waals surface area contributed by atoms with Crippen LogP contribution in [0.15, 0.2) is 0 Å². The van der Waals surface area contributed by atoms with Gasteiger partial charge in [0.1, 0.15) is 0 Å². The SMILES string of the molecule is CCCN1C(=O)CC(NC2CCCCC2(C)C)C1=O. The van der Waals surface area contributed by atoms with Crippen molar-refractivity contribution in [1.29, 1.82) is 0 Å². The van der Waals surface area contributed by atoms with Crippen molar-refractivity contribution in [2.75, 3.05) is 6.54 Å². The third-order valence-corrected chi connectivity index (χ3v) is 4.60. The Morgan fingerprint density at radius 1 is 1.32 bits per heavy atom. The molecule has 0 radical (unpaired) electrons. The molecule has 4 nitrogen and oxygen atoms in total. The number of hydrogen-bond donors (Lipinski definition) is 1. The first kappa shape index (κ1) is 14.5. The molecule has 1 N–H and O–H groups in total. The first-order chi connectivity index (χ1) is 8.95. The Bertz CT molecular complexity index is 365. The quantitative estimate of drug-likeness (QED) is 0.793. The zero-order valence-corrected chi connectivity index (χ0v) is 12.4. The molecule has 0 aromatic rings. The van der Waals surface area contributed by atoms with Crippen molar-refractivity contribution in [2.24, 2.45) is 5.41 Å². The minimum atomic E-state index is -0.290. The number of likely N-dealkylation sites (tertiary alicyclic amines) is 1. The van der Waals surface area contributed by atoms with Gasteiger partial charge in [0.05, 0.1) is 12.5 Å². The van der Waals surface area contributed by atoms with Crippen molar-refractivity contribution in [3.05, 3.63) is 0 Å². The molecular weight excluding hydrogens is 240 g/mol. The highest BCUT2D eigenvalue weighted by molar-refractivity contribution is 6.05. The van der Waals surface area contributed by atoms with Gasteiger partial charge in [0.15, 0.2) is 0 Å². The van der Waals surface area contributed by atoms with Crippen molar-refractivity contribution in [1.82, 2.24) is 10.2 Å². The van der Waals surface area contributed by atoms with Crippen LogP contribution < -0.4 is 5.32 Å². The summed E-state index contributed by atoms with van der Waals surface area (Å²) in [5, 5.41) is 3.46. The highest BCUT2D eigenvalue weighted by Crippen LogP contribution is 2.36. The van der Waals surface area contributed by atoms with E-state index in [-0.39, 0.29) is 23.3 Å². The Hall–Kier alpha value is -0.900. The van der Waals surface area contributed by atoms with Crippen LogP contribution in [0.1, 0.15) is 59.3 Å². The molecule has 1 aliphatic carbocycles. The smallest absolute Gasteiger partial charge is 0.246 e. The topological polar surface area (TPSA) is 49.4 Å². The predicted molar refractivity (Wildman–Crippen MR) is 74.6 cm³/mol. The van der Waals surface area contributed by atoms with Crippen molar-refractivity contribution in [3.63, 3.8) is 0 Å². The average Bonchev–Trinajstić information content (AvgIpc) is 2.60. The Morgan fingerprint density at radius 2 is 2.05 bits per heavy atom. The first-order valence-corrected chi connectivity index (χ1v) is 7.56. The van der Waals surface area contributed by atoms with Crippen LogP contribution in [-0.4, -0.2) is 35.3 Å².